The average molecular weight is 359 g/mol. The van der Waals surface area contributed by atoms with Crippen molar-refractivity contribution < 1.29 is 0 Å². The Kier molecular flexibility index (Phi) is 5.95. The number of hydrogen-bond donors (Lipinski definition) is 1. The van der Waals surface area contributed by atoms with Crippen LogP contribution < -0.4 is 5.73 Å². The smallest absolute Gasteiger partial charge is 0.0449 e. The molecule has 1 aromatic carbocycles. The number of benzene rings is 1. The molecule has 1 nitrogen and oxygen atoms in total. The summed E-state index contributed by atoms with van der Waals surface area (Å²) < 4.78 is 1.03. The van der Waals surface area contributed by atoms with Gasteiger partial charge in [0, 0.05) is 15.0 Å². The summed E-state index contributed by atoms with van der Waals surface area (Å²) in [5, 5.41) is 0.831. The molecule has 0 aliphatic heterocycles. The van der Waals surface area contributed by atoms with Crippen LogP contribution in [0.5, 0.6) is 0 Å². The first-order chi connectivity index (χ1) is 9.52. The molecule has 0 saturated heterocycles. The SMILES string of the molecule is CCCCC1CCC(N)(Cc2ccc(Br)cc2Cl)CC1. The van der Waals surface area contributed by atoms with Crippen LogP contribution in [-0.2, 0) is 6.42 Å². The molecule has 0 heterocycles. The van der Waals surface area contributed by atoms with Crippen LogP contribution in [0, 0.1) is 5.92 Å². The quantitative estimate of drug-likeness (QED) is 0.715. The summed E-state index contributed by atoms with van der Waals surface area (Å²) in [4.78, 5) is 0. The highest BCUT2D eigenvalue weighted by Gasteiger charge is 2.31. The zero-order chi connectivity index (χ0) is 14.6. The first-order valence-corrected chi connectivity index (χ1v) is 8.92. The Morgan fingerprint density at radius 2 is 2.05 bits per heavy atom. The molecule has 112 valence electrons. The molecule has 0 amide bonds. The number of rotatable bonds is 5. The lowest BCUT2D eigenvalue weighted by Gasteiger charge is -2.37. The molecule has 1 aromatic rings. The summed E-state index contributed by atoms with van der Waals surface area (Å²) in [5.41, 5.74) is 7.75. The highest BCUT2D eigenvalue weighted by Crippen LogP contribution is 2.36. The van der Waals surface area contributed by atoms with Crippen molar-refractivity contribution in [3.8, 4) is 0 Å². The summed E-state index contributed by atoms with van der Waals surface area (Å²) >= 11 is 9.77. The molecule has 1 fully saturated rings. The minimum Gasteiger partial charge on any atom is -0.325 e. The minimum atomic E-state index is -0.0554. The molecule has 0 unspecified atom stereocenters. The molecule has 0 radical (unpaired) electrons. The van der Waals surface area contributed by atoms with Gasteiger partial charge in [0.2, 0.25) is 0 Å². The van der Waals surface area contributed by atoms with E-state index in [2.05, 4.69) is 35.0 Å². The van der Waals surface area contributed by atoms with Crippen LogP contribution >= 0.6 is 27.5 Å². The van der Waals surface area contributed by atoms with Gasteiger partial charge in [-0.3, -0.25) is 0 Å². The van der Waals surface area contributed by atoms with Crippen molar-refractivity contribution in [3.63, 3.8) is 0 Å². The number of halogens is 2. The van der Waals surface area contributed by atoms with Gasteiger partial charge in [0.15, 0.2) is 0 Å². The fraction of sp³-hybridized carbons (Fsp3) is 0.647. The van der Waals surface area contributed by atoms with E-state index in [1.54, 1.807) is 0 Å². The predicted molar refractivity (Wildman–Crippen MR) is 91.3 cm³/mol. The molecule has 0 atom stereocenters. The molecular weight excluding hydrogens is 334 g/mol. The lowest BCUT2D eigenvalue weighted by atomic mass is 9.73. The van der Waals surface area contributed by atoms with Gasteiger partial charge in [-0.25, -0.2) is 0 Å². The number of nitrogens with two attached hydrogens (primary N) is 1. The molecule has 20 heavy (non-hydrogen) atoms. The van der Waals surface area contributed by atoms with Crippen LogP contribution in [0.1, 0.15) is 57.4 Å². The van der Waals surface area contributed by atoms with E-state index < -0.39 is 0 Å². The van der Waals surface area contributed by atoms with Gasteiger partial charge < -0.3 is 5.73 Å². The first-order valence-electron chi connectivity index (χ1n) is 7.75. The zero-order valence-electron chi connectivity index (χ0n) is 12.3. The van der Waals surface area contributed by atoms with Gasteiger partial charge in [0.05, 0.1) is 0 Å². The molecule has 1 aliphatic carbocycles. The Bertz CT molecular complexity index is 439. The van der Waals surface area contributed by atoms with Crippen molar-refractivity contribution in [2.75, 3.05) is 0 Å². The molecule has 1 saturated carbocycles. The second-order valence-electron chi connectivity index (χ2n) is 6.36. The van der Waals surface area contributed by atoms with Crippen molar-refractivity contribution in [2.45, 2.75) is 63.8 Å². The van der Waals surface area contributed by atoms with E-state index in [1.165, 1.54) is 37.7 Å². The Labute approximate surface area is 136 Å². The summed E-state index contributed by atoms with van der Waals surface area (Å²) in [7, 11) is 0. The van der Waals surface area contributed by atoms with Crippen LogP contribution in [0.15, 0.2) is 22.7 Å². The second-order valence-corrected chi connectivity index (χ2v) is 7.68. The Hall–Kier alpha value is -0.0500. The molecule has 2 N–H and O–H groups in total. The van der Waals surface area contributed by atoms with E-state index >= 15 is 0 Å². The van der Waals surface area contributed by atoms with Gasteiger partial charge in [-0.15, -0.1) is 0 Å². The largest absolute Gasteiger partial charge is 0.325 e. The highest BCUT2D eigenvalue weighted by atomic mass is 79.9. The maximum Gasteiger partial charge on any atom is 0.0449 e. The number of unbranched alkanes of at least 4 members (excludes halogenated alkanes) is 1. The summed E-state index contributed by atoms with van der Waals surface area (Å²) in [6, 6.07) is 6.12. The standard InChI is InChI=1S/C17H25BrClN/c1-2-3-4-13-7-9-17(20,10-8-13)12-14-5-6-15(18)11-16(14)19/h5-6,11,13H,2-4,7-10,12,20H2,1H3. The summed E-state index contributed by atoms with van der Waals surface area (Å²) in [5.74, 6) is 0.895. The van der Waals surface area contributed by atoms with Gasteiger partial charge >= 0.3 is 0 Å². The highest BCUT2D eigenvalue weighted by molar-refractivity contribution is 9.10. The fourth-order valence-electron chi connectivity index (χ4n) is 3.26. The molecule has 0 aromatic heterocycles. The Morgan fingerprint density at radius 1 is 1.35 bits per heavy atom. The molecule has 2 rings (SSSR count). The lowest BCUT2D eigenvalue weighted by Crippen LogP contribution is -2.45. The monoisotopic (exact) mass is 357 g/mol. The topological polar surface area (TPSA) is 26.0 Å². The zero-order valence-corrected chi connectivity index (χ0v) is 14.6. The lowest BCUT2D eigenvalue weighted by molar-refractivity contribution is 0.221. The third-order valence-electron chi connectivity index (χ3n) is 4.62. The second kappa shape index (κ2) is 7.29. The van der Waals surface area contributed by atoms with Gasteiger partial charge in [-0.05, 0) is 55.7 Å². The predicted octanol–water partition coefficient (Wildman–Crippen LogP) is 5.72. The number of hydrogen-bond acceptors (Lipinski definition) is 1. The fourth-order valence-corrected chi connectivity index (χ4v) is 4.00. The van der Waals surface area contributed by atoms with E-state index in [0.29, 0.717) is 0 Å². The molecule has 0 bridgehead atoms. The van der Waals surface area contributed by atoms with Crippen molar-refractivity contribution in [1.29, 1.82) is 0 Å². The van der Waals surface area contributed by atoms with E-state index in [4.69, 9.17) is 17.3 Å². The average Bonchev–Trinajstić information content (AvgIpc) is 2.42. The maximum atomic E-state index is 6.62. The third kappa shape index (κ3) is 4.47. The third-order valence-corrected chi connectivity index (χ3v) is 5.47. The molecular formula is C17H25BrClN. The van der Waals surface area contributed by atoms with Gasteiger partial charge in [-0.2, -0.15) is 0 Å². The van der Waals surface area contributed by atoms with E-state index in [9.17, 15) is 0 Å². The van der Waals surface area contributed by atoms with Crippen molar-refractivity contribution in [1.82, 2.24) is 0 Å². The molecule has 3 heteroatoms. The summed E-state index contributed by atoms with van der Waals surface area (Å²) in [6.07, 6.45) is 9.78. The van der Waals surface area contributed by atoms with Crippen molar-refractivity contribution >= 4 is 27.5 Å². The first kappa shape index (κ1) is 16.3. The van der Waals surface area contributed by atoms with Gasteiger partial charge in [0.1, 0.15) is 0 Å². The van der Waals surface area contributed by atoms with Gasteiger partial charge in [-0.1, -0.05) is 59.8 Å². The van der Waals surface area contributed by atoms with E-state index in [0.717, 1.165) is 34.7 Å². The van der Waals surface area contributed by atoms with Crippen molar-refractivity contribution in [2.24, 2.45) is 11.7 Å². The molecule has 1 aliphatic rings. The minimum absolute atomic E-state index is 0.0554. The van der Waals surface area contributed by atoms with Crippen molar-refractivity contribution in [3.05, 3.63) is 33.3 Å². The molecule has 0 spiro atoms. The van der Waals surface area contributed by atoms with E-state index in [-0.39, 0.29) is 5.54 Å². The Morgan fingerprint density at radius 3 is 2.65 bits per heavy atom. The van der Waals surface area contributed by atoms with Gasteiger partial charge in [0.25, 0.3) is 0 Å². The summed E-state index contributed by atoms with van der Waals surface area (Å²) in [6.45, 7) is 2.27. The van der Waals surface area contributed by atoms with Crippen LogP contribution in [0.2, 0.25) is 5.02 Å². The van der Waals surface area contributed by atoms with Crippen LogP contribution in [0.3, 0.4) is 0 Å². The van der Waals surface area contributed by atoms with E-state index in [1.807, 2.05) is 6.07 Å². The van der Waals surface area contributed by atoms with Crippen LogP contribution in [0.4, 0.5) is 0 Å². The van der Waals surface area contributed by atoms with Crippen LogP contribution in [0.25, 0.3) is 0 Å². The van der Waals surface area contributed by atoms with Crippen LogP contribution in [-0.4, -0.2) is 5.54 Å². The normalized spacial score (nSPS) is 26.7. The Balaban J connectivity index is 1.93. The maximum absolute atomic E-state index is 6.62.